The van der Waals surface area contributed by atoms with Gasteiger partial charge in [0.15, 0.2) is 0 Å². The summed E-state index contributed by atoms with van der Waals surface area (Å²) in [5.41, 5.74) is 8.43. The molecule has 1 aliphatic rings. The van der Waals surface area contributed by atoms with Gasteiger partial charge >= 0.3 is 0 Å². The molecule has 1 aromatic carbocycles. The zero-order valence-corrected chi connectivity index (χ0v) is 12.0. The van der Waals surface area contributed by atoms with Crippen molar-refractivity contribution in [2.24, 2.45) is 5.73 Å². The van der Waals surface area contributed by atoms with Crippen LogP contribution in [0, 0.1) is 6.92 Å². The molecule has 0 amide bonds. The number of ether oxygens (including phenoxy) is 1. The number of hydrogen-bond acceptors (Lipinski definition) is 2. The molecule has 3 heteroatoms. The van der Waals surface area contributed by atoms with Gasteiger partial charge < -0.3 is 10.5 Å². The lowest BCUT2D eigenvalue weighted by Crippen LogP contribution is -2.50. The molecule has 2 N–H and O–H groups in total. The maximum absolute atomic E-state index is 6.34. The molecule has 0 radical (unpaired) electrons. The van der Waals surface area contributed by atoms with Crippen LogP contribution in [0.4, 0.5) is 0 Å². The molecule has 18 heavy (non-hydrogen) atoms. The maximum Gasteiger partial charge on any atom is 0.0807 e. The molecule has 1 heterocycles. The van der Waals surface area contributed by atoms with Gasteiger partial charge in [-0.15, -0.1) is 0 Å². The van der Waals surface area contributed by atoms with Crippen LogP contribution in [0.25, 0.3) is 0 Å². The minimum Gasteiger partial charge on any atom is -0.374 e. The summed E-state index contributed by atoms with van der Waals surface area (Å²) in [6.07, 6.45) is 4.16. The number of nitrogens with two attached hydrogens (primary N) is 1. The minimum atomic E-state index is -0.202. The number of hydrogen-bond donors (Lipinski definition) is 1. The van der Waals surface area contributed by atoms with E-state index >= 15 is 0 Å². The van der Waals surface area contributed by atoms with Gasteiger partial charge in [-0.3, -0.25) is 0 Å². The average Bonchev–Trinajstić information content (AvgIpc) is 2.33. The van der Waals surface area contributed by atoms with E-state index in [1.807, 2.05) is 13.0 Å². The Morgan fingerprint density at radius 3 is 2.83 bits per heavy atom. The monoisotopic (exact) mass is 267 g/mol. The second-order valence-electron chi connectivity index (χ2n) is 5.52. The highest BCUT2D eigenvalue weighted by Crippen LogP contribution is 2.30. The summed E-state index contributed by atoms with van der Waals surface area (Å²) in [7, 11) is 0. The topological polar surface area (TPSA) is 35.2 Å². The van der Waals surface area contributed by atoms with E-state index in [4.69, 9.17) is 22.1 Å². The Bertz CT molecular complexity index is 413. The van der Waals surface area contributed by atoms with Gasteiger partial charge in [0.05, 0.1) is 5.60 Å². The fourth-order valence-corrected chi connectivity index (χ4v) is 2.83. The van der Waals surface area contributed by atoms with Crippen molar-refractivity contribution in [2.75, 3.05) is 6.61 Å². The van der Waals surface area contributed by atoms with Crippen molar-refractivity contribution in [2.45, 2.75) is 51.2 Å². The van der Waals surface area contributed by atoms with E-state index in [0.29, 0.717) is 0 Å². The van der Waals surface area contributed by atoms with E-state index in [1.165, 1.54) is 12.0 Å². The normalized spacial score (nSPS) is 26.0. The van der Waals surface area contributed by atoms with Crippen LogP contribution in [0.15, 0.2) is 18.2 Å². The van der Waals surface area contributed by atoms with Crippen LogP contribution >= 0.6 is 11.6 Å². The third-order valence-electron chi connectivity index (χ3n) is 3.93. The summed E-state index contributed by atoms with van der Waals surface area (Å²) in [5, 5.41) is 0.810. The van der Waals surface area contributed by atoms with Crippen LogP contribution in [0.3, 0.4) is 0 Å². The predicted octanol–water partition coefficient (Wildman–Crippen LogP) is 3.48. The van der Waals surface area contributed by atoms with E-state index in [0.717, 1.165) is 36.5 Å². The molecule has 100 valence electrons. The molecular formula is C15H22ClNO. The Morgan fingerprint density at radius 2 is 2.22 bits per heavy atom. The Hall–Kier alpha value is -0.570. The van der Waals surface area contributed by atoms with Gasteiger partial charge in [-0.2, -0.15) is 0 Å². The SMILES string of the molecule is Cc1ccc(CC(N)C2(C)CCCCO2)c(Cl)c1. The first kappa shape index (κ1) is 13.9. The van der Waals surface area contributed by atoms with E-state index < -0.39 is 0 Å². The Kier molecular flexibility index (Phi) is 4.31. The van der Waals surface area contributed by atoms with Crippen molar-refractivity contribution in [1.29, 1.82) is 0 Å². The minimum absolute atomic E-state index is 0.00185. The molecule has 0 bridgehead atoms. The van der Waals surface area contributed by atoms with Crippen molar-refractivity contribution < 1.29 is 4.74 Å². The van der Waals surface area contributed by atoms with E-state index in [1.54, 1.807) is 0 Å². The number of benzene rings is 1. The van der Waals surface area contributed by atoms with Crippen LogP contribution in [0.2, 0.25) is 5.02 Å². The van der Waals surface area contributed by atoms with Crippen molar-refractivity contribution in [3.63, 3.8) is 0 Å². The Balaban J connectivity index is 2.08. The van der Waals surface area contributed by atoms with Crippen molar-refractivity contribution in [1.82, 2.24) is 0 Å². The standard InChI is InChI=1S/C15H22ClNO/c1-11-5-6-12(13(16)9-11)10-14(17)15(2)7-3-4-8-18-15/h5-6,9,14H,3-4,7-8,10,17H2,1-2H3. The summed E-state index contributed by atoms with van der Waals surface area (Å²) in [5.74, 6) is 0. The summed E-state index contributed by atoms with van der Waals surface area (Å²) in [6, 6.07) is 6.15. The zero-order valence-electron chi connectivity index (χ0n) is 11.2. The fourth-order valence-electron chi connectivity index (χ4n) is 2.52. The van der Waals surface area contributed by atoms with Gasteiger partial charge in [-0.25, -0.2) is 0 Å². The Labute approximate surface area is 114 Å². The lowest BCUT2D eigenvalue weighted by Gasteiger charge is -2.39. The van der Waals surface area contributed by atoms with Gasteiger partial charge in [-0.1, -0.05) is 23.7 Å². The second-order valence-corrected chi connectivity index (χ2v) is 5.93. The lowest BCUT2D eigenvalue weighted by molar-refractivity contribution is -0.0808. The maximum atomic E-state index is 6.34. The zero-order chi connectivity index (χ0) is 13.2. The molecule has 1 aromatic rings. The molecule has 0 aliphatic carbocycles. The van der Waals surface area contributed by atoms with Gasteiger partial charge in [0.25, 0.3) is 0 Å². The summed E-state index contributed by atoms with van der Waals surface area (Å²) >= 11 is 6.26. The molecule has 1 fully saturated rings. The van der Waals surface area contributed by atoms with Crippen LogP contribution in [0.1, 0.15) is 37.3 Å². The van der Waals surface area contributed by atoms with Gasteiger partial charge in [0.1, 0.15) is 0 Å². The van der Waals surface area contributed by atoms with Crippen LogP contribution in [-0.4, -0.2) is 18.2 Å². The molecule has 0 saturated carbocycles. The second kappa shape index (κ2) is 5.60. The fraction of sp³-hybridized carbons (Fsp3) is 0.600. The van der Waals surface area contributed by atoms with Crippen LogP contribution < -0.4 is 5.73 Å². The lowest BCUT2D eigenvalue weighted by atomic mass is 9.85. The molecule has 0 spiro atoms. The van der Waals surface area contributed by atoms with Gasteiger partial charge in [0.2, 0.25) is 0 Å². The first-order valence-corrected chi connectivity index (χ1v) is 7.04. The summed E-state index contributed by atoms with van der Waals surface area (Å²) in [6.45, 7) is 4.99. The largest absolute Gasteiger partial charge is 0.374 e. The third-order valence-corrected chi connectivity index (χ3v) is 4.28. The van der Waals surface area contributed by atoms with Gasteiger partial charge in [0, 0.05) is 17.7 Å². The predicted molar refractivity (Wildman–Crippen MR) is 76.1 cm³/mol. The van der Waals surface area contributed by atoms with E-state index in [2.05, 4.69) is 19.1 Å². The first-order chi connectivity index (χ1) is 8.51. The summed E-state index contributed by atoms with van der Waals surface area (Å²) in [4.78, 5) is 0. The molecule has 1 saturated heterocycles. The number of aryl methyl sites for hydroxylation is 1. The quantitative estimate of drug-likeness (QED) is 0.910. The molecule has 2 atom stereocenters. The molecule has 2 rings (SSSR count). The van der Waals surface area contributed by atoms with Crippen molar-refractivity contribution >= 4 is 11.6 Å². The molecule has 2 nitrogen and oxygen atoms in total. The van der Waals surface area contributed by atoms with Crippen LogP contribution in [-0.2, 0) is 11.2 Å². The van der Waals surface area contributed by atoms with Crippen LogP contribution in [0.5, 0.6) is 0 Å². The van der Waals surface area contributed by atoms with E-state index in [9.17, 15) is 0 Å². The first-order valence-electron chi connectivity index (χ1n) is 6.66. The van der Waals surface area contributed by atoms with Crippen molar-refractivity contribution in [3.05, 3.63) is 34.3 Å². The smallest absolute Gasteiger partial charge is 0.0807 e. The highest BCUT2D eigenvalue weighted by Gasteiger charge is 2.34. The molecular weight excluding hydrogens is 246 g/mol. The van der Waals surface area contributed by atoms with Gasteiger partial charge in [-0.05, 0) is 56.7 Å². The summed E-state index contributed by atoms with van der Waals surface area (Å²) < 4.78 is 5.89. The third kappa shape index (κ3) is 3.05. The van der Waals surface area contributed by atoms with E-state index in [-0.39, 0.29) is 11.6 Å². The average molecular weight is 268 g/mol. The molecule has 1 aliphatic heterocycles. The molecule has 0 aromatic heterocycles. The number of rotatable bonds is 3. The number of halogens is 1. The highest BCUT2D eigenvalue weighted by molar-refractivity contribution is 6.31. The highest BCUT2D eigenvalue weighted by atomic mass is 35.5. The van der Waals surface area contributed by atoms with Crippen molar-refractivity contribution in [3.8, 4) is 0 Å². The Morgan fingerprint density at radius 1 is 1.44 bits per heavy atom. The molecule has 2 unspecified atom stereocenters.